The maximum Gasteiger partial charge on any atom is 0.0483 e. The van der Waals surface area contributed by atoms with E-state index < -0.39 is 0 Å². The maximum absolute atomic E-state index is 3.57. The molecule has 2 aromatic carbocycles. The largest absolute Gasteiger partial charge is 0.347 e. The summed E-state index contributed by atoms with van der Waals surface area (Å²) in [6, 6.07) is 19.3. The molecule has 21 heavy (non-hydrogen) atoms. The van der Waals surface area contributed by atoms with Gasteiger partial charge < -0.3 is 9.88 Å². The van der Waals surface area contributed by atoms with Crippen LogP contribution in [-0.4, -0.2) is 11.1 Å². The topological polar surface area (TPSA) is 17.0 Å². The quantitative estimate of drug-likeness (QED) is 0.675. The molecule has 0 amide bonds. The molecule has 0 saturated carbocycles. The van der Waals surface area contributed by atoms with E-state index >= 15 is 0 Å². The number of aromatic nitrogens is 1. The zero-order valence-electron chi connectivity index (χ0n) is 12.5. The van der Waals surface area contributed by atoms with Crippen LogP contribution in [0.2, 0.25) is 0 Å². The Kier molecular flexibility index (Phi) is 4.37. The Morgan fingerprint density at radius 2 is 1.71 bits per heavy atom. The molecule has 1 N–H and O–H groups in total. The zero-order valence-corrected chi connectivity index (χ0v) is 12.5. The molecule has 0 aliphatic rings. The third-order valence-electron chi connectivity index (χ3n) is 3.96. The van der Waals surface area contributed by atoms with E-state index in [1.165, 1.54) is 22.0 Å². The van der Waals surface area contributed by atoms with Crippen molar-refractivity contribution >= 4 is 10.9 Å². The molecule has 0 radical (unpaired) electrons. The number of hydrogen-bond acceptors (Lipinski definition) is 1. The molecule has 0 aliphatic heterocycles. The summed E-state index contributed by atoms with van der Waals surface area (Å²) in [6.07, 6.45) is 3.35. The van der Waals surface area contributed by atoms with E-state index in [0.717, 1.165) is 26.1 Å². The number of para-hydroxylation sites is 1. The highest BCUT2D eigenvalue weighted by Gasteiger charge is 2.06. The summed E-state index contributed by atoms with van der Waals surface area (Å²) >= 11 is 0. The van der Waals surface area contributed by atoms with E-state index in [4.69, 9.17) is 0 Å². The van der Waals surface area contributed by atoms with E-state index in [9.17, 15) is 0 Å². The fourth-order valence-electron chi connectivity index (χ4n) is 2.83. The average molecular weight is 278 g/mol. The molecule has 0 fully saturated rings. The fraction of sp³-hybridized carbons (Fsp3) is 0.263. The van der Waals surface area contributed by atoms with Gasteiger partial charge in [-0.1, -0.05) is 48.5 Å². The Morgan fingerprint density at radius 3 is 2.52 bits per heavy atom. The SMILES string of the molecule is CCn1cc(CNCCc2ccccc2)c2ccccc21. The van der Waals surface area contributed by atoms with Crippen molar-refractivity contribution in [3.63, 3.8) is 0 Å². The molecule has 1 aromatic heterocycles. The number of fused-ring (bicyclic) bond motifs is 1. The summed E-state index contributed by atoms with van der Waals surface area (Å²) in [5, 5.41) is 4.93. The highest BCUT2D eigenvalue weighted by molar-refractivity contribution is 5.83. The number of aryl methyl sites for hydroxylation is 1. The van der Waals surface area contributed by atoms with Gasteiger partial charge in [-0.15, -0.1) is 0 Å². The first kappa shape index (κ1) is 13.9. The summed E-state index contributed by atoms with van der Waals surface area (Å²) in [7, 11) is 0. The Labute approximate surface area is 126 Å². The monoisotopic (exact) mass is 278 g/mol. The molecule has 0 unspecified atom stereocenters. The number of rotatable bonds is 6. The molecule has 2 heteroatoms. The van der Waals surface area contributed by atoms with Gasteiger partial charge in [0.05, 0.1) is 0 Å². The Morgan fingerprint density at radius 1 is 0.952 bits per heavy atom. The van der Waals surface area contributed by atoms with Crippen molar-refractivity contribution in [3.8, 4) is 0 Å². The van der Waals surface area contributed by atoms with Gasteiger partial charge in [-0.2, -0.15) is 0 Å². The Bertz CT molecular complexity index is 698. The summed E-state index contributed by atoms with van der Waals surface area (Å²) in [5.41, 5.74) is 4.11. The molecule has 1 heterocycles. The number of benzene rings is 2. The molecular formula is C19H22N2. The lowest BCUT2D eigenvalue weighted by atomic mass is 10.1. The van der Waals surface area contributed by atoms with Gasteiger partial charge in [-0.25, -0.2) is 0 Å². The first-order valence-corrected chi connectivity index (χ1v) is 7.70. The molecule has 2 nitrogen and oxygen atoms in total. The van der Waals surface area contributed by atoms with Gasteiger partial charge in [0.25, 0.3) is 0 Å². The second kappa shape index (κ2) is 6.59. The summed E-state index contributed by atoms with van der Waals surface area (Å²) in [6.45, 7) is 5.15. The normalized spacial score (nSPS) is 11.1. The predicted molar refractivity (Wildman–Crippen MR) is 89.5 cm³/mol. The van der Waals surface area contributed by atoms with Crippen LogP contribution in [0.25, 0.3) is 10.9 Å². The van der Waals surface area contributed by atoms with Crippen LogP contribution < -0.4 is 5.32 Å². The lowest BCUT2D eigenvalue weighted by Crippen LogP contribution is -2.16. The van der Waals surface area contributed by atoms with Crippen molar-refractivity contribution < 1.29 is 0 Å². The van der Waals surface area contributed by atoms with Crippen LogP contribution in [0, 0.1) is 0 Å². The van der Waals surface area contributed by atoms with Crippen molar-refractivity contribution in [2.45, 2.75) is 26.4 Å². The number of nitrogens with one attached hydrogen (secondary N) is 1. The van der Waals surface area contributed by atoms with Crippen LogP contribution in [0.15, 0.2) is 60.8 Å². The van der Waals surface area contributed by atoms with Crippen LogP contribution >= 0.6 is 0 Å². The lowest BCUT2D eigenvalue weighted by Gasteiger charge is -2.04. The van der Waals surface area contributed by atoms with E-state index in [1.54, 1.807) is 0 Å². The molecule has 3 aromatic rings. The summed E-state index contributed by atoms with van der Waals surface area (Å²) in [4.78, 5) is 0. The molecule has 0 atom stereocenters. The molecule has 108 valence electrons. The van der Waals surface area contributed by atoms with Crippen LogP contribution in [0.5, 0.6) is 0 Å². The van der Waals surface area contributed by atoms with Crippen LogP contribution in [0.1, 0.15) is 18.1 Å². The molecule has 0 aliphatic carbocycles. The second-order valence-electron chi connectivity index (χ2n) is 5.37. The van der Waals surface area contributed by atoms with Crippen molar-refractivity contribution in [2.75, 3.05) is 6.54 Å². The van der Waals surface area contributed by atoms with E-state index in [2.05, 4.69) is 77.6 Å². The van der Waals surface area contributed by atoms with Crippen molar-refractivity contribution in [1.29, 1.82) is 0 Å². The highest BCUT2D eigenvalue weighted by Crippen LogP contribution is 2.21. The fourth-order valence-corrected chi connectivity index (χ4v) is 2.83. The number of hydrogen-bond donors (Lipinski definition) is 1. The van der Waals surface area contributed by atoms with Gasteiger partial charge in [-0.05, 0) is 37.1 Å². The second-order valence-corrected chi connectivity index (χ2v) is 5.37. The number of nitrogens with zero attached hydrogens (tertiary/aromatic N) is 1. The predicted octanol–water partition coefficient (Wildman–Crippen LogP) is 3.99. The van der Waals surface area contributed by atoms with Gasteiger partial charge in [0.1, 0.15) is 0 Å². The third kappa shape index (κ3) is 3.17. The van der Waals surface area contributed by atoms with Gasteiger partial charge >= 0.3 is 0 Å². The highest BCUT2D eigenvalue weighted by atomic mass is 15.0. The first-order chi connectivity index (χ1) is 10.4. The zero-order chi connectivity index (χ0) is 14.5. The maximum atomic E-state index is 3.57. The molecule has 0 spiro atoms. The lowest BCUT2D eigenvalue weighted by molar-refractivity contribution is 0.685. The molecule has 3 rings (SSSR count). The van der Waals surface area contributed by atoms with E-state index in [0.29, 0.717) is 0 Å². The first-order valence-electron chi connectivity index (χ1n) is 7.70. The molecular weight excluding hydrogens is 256 g/mol. The minimum atomic E-state index is 0.931. The molecule has 0 bridgehead atoms. The van der Waals surface area contributed by atoms with Gasteiger partial charge in [0.2, 0.25) is 0 Å². The Hall–Kier alpha value is -2.06. The minimum Gasteiger partial charge on any atom is -0.347 e. The van der Waals surface area contributed by atoms with Gasteiger partial charge in [0.15, 0.2) is 0 Å². The van der Waals surface area contributed by atoms with Crippen molar-refractivity contribution in [1.82, 2.24) is 9.88 Å². The standard InChI is InChI=1S/C19H22N2/c1-2-21-15-17(18-10-6-7-11-19(18)21)14-20-13-12-16-8-4-3-5-9-16/h3-11,15,20H,2,12-14H2,1H3. The molecule has 0 saturated heterocycles. The van der Waals surface area contributed by atoms with E-state index in [1.807, 2.05) is 0 Å². The summed E-state index contributed by atoms with van der Waals surface area (Å²) < 4.78 is 2.32. The average Bonchev–Trinajstić information content (AvgIpc) is 2.91. The van der Waals surface area contributed by atoms with Crippen LogP contribution in [0.4, 0.5) is 0 Å². The van der Waals surface area contributed by atoms with Crippen molar-refractivity contribution in [2.24, 2.45) is 0 Å². The van der Waals surface area contributed by atoms with Gasteiger partial charge in [0, 0.05) is 30.2 Å². The third-order valence-corrected chi connectivity index (χ3v) is 3.96. The van der Waals surface area contributed by atoms with Crippen LogP contribution in [-0.2, 0) is 19.5 Å². The minimum absolute atomic E-state index is 0.931. The van der Waals surface area contributed by atoms with E-state index in [-0.39, 0.29) is 0 Å². The van der Waals surface area contributed by atoms with Gasteiger partial charge in [-0.3, -0.25) is 0 Å². The summed E-state index contributed by atoms with van der Waals surface area (Å²) in [5.74, 6) is 0. The smallest absolute Gasteiger partial charge is 0.0483 e. The van der Waals surface area contributed by atoms with Crippen molar-refractivity contribution in [3.05, 3.63) is 71.9 Å². The van der Waals surface area contributed by atoms with Crippen LogP contribution in [0.3, 0.4) is 0 Å². The Balaban J connectivity index is 1.63.